The van der Waals surface area contributed by atoms with Crippen molar-refractivity contribution in [3.05, 3.63) is 0 Å². The lowest BCUT2D eigenvalue weighted by molar-refractivity contribution is -0.127. The number of nitrogens with one attached hydrogen (secondary N) is 1. The maximum Gasteiger partial charge on any atom is 0.227 e. The van der Waals surface area contributed by atoms with Gasteiger partial charge in [-0.05, 0) is 24.1 Å². The number of hydrogen-bond donors (Lipinski definition) is 1. The van der Waals surface area contributed by atoms with Crippen molar-refractivity contribution in [3.63, 3.8) is 0 Å². The van der Waals surface area contributed by atoms with Gasteiger partial charge in [-0.3, -0.25) is 4.79 Å². The van der Waals surface area contributed by atoms with E-state index in [9.17, 15) is 13.2 Å². The molecule has 1 N–H and O–H groups in total. The van der Waals surface area contributed by atoms with Gasteiger partial charge < -0.3 is 5.32 Å². The number of unbranched alkanes of at least 4 members (excludes halogenated alkanes) is 1. The van der Waals surface area contributed by atoms with Crippen LogP contribution in [0.4, 0.5) is 0 Å². The zero-order valence-electron chi connectivity index (χ0n) is 9.08. The van der Waals surface area contributed by atoms with Crippen molar-refractivity contribution in [1.29, 1.82) is 0 Å². The minimum Gasteiger partial charge on any atom is -0.356 e. The highest BCUT2D eigenvalue weighted by atomic mass is 33.1. The summed E-state index contributed by atoms with van der Waals surface area (Å²) in [5, 5.41) is 2.79. The van der Waals surface area contributed by atoms with Gasteiger partial charge in [0.25, 0.3) is 0 Å². The molecule has 1 unspecified atom stereocenters. The molecule has 0 bridgehead atoms. The van der Waals surface area contributed by atoms with E-state index in [1.165, 1.54) is 0 Å². The molecule has 1 aliphatic rings. The number of carbonyl (C=O) groups excluding carboxylic acids is 1. The predicted octanol–water partition coefficient (Wildman–Crippen LogP) is 0.986. The highest BCUT2D eigenvalue weighted by molar-refractivity contribution is 8.72. The third-order valence-corrected chi connectivity index (χ3v) is 6.31. The third kappa shape index (κ3) is 3.38. The number of amides is 1. The monoisotopic (exact) mass is 251 g/mol. The maximum absolute atomic E-state index is 11.7. The predicted molar refractivity (Wildman–Crippen MR) is 62.3 cm³/mol. The number of hydrogen-bond acceptors (Lipinski definition) is 4. The van der Waals surface area contributed by atoms with E-state index in [-0.39, 0.29) is 11.7 Å². The summed E-state index contributed by atoms with van der Waals surface area (Å²) < 4.78 is 22.5. The normalized spacial score (nSPS) is 28.9. The van der Waals surface area contributed by atoms with E-state index in [1.807, 2.05) is 6.92 Å². The molecule has 0 aromatic rings. The molecule has 88 valence electrons. The van der Waals surface area contributed by atoms with Gasteiger partial charge in [-0.15, -0.1) is 0 Å². The standard InChI is InChI=1S/C9H17NO3S2/c1-3-4-5-10-8(11)9(2)6-14-15(12,13)7-9/h3-7H2,1-2H3,(H,10,11). The van der Waals surface area contributed by atoms with Crippen LogP contribution in [0.3, 0.4) is 0 Å². The van der Waals surface area contributed by atoms with Gasteiger partial charge in [-0.2, -0.15) is 0 Å². The van der Waals surface area contributed by atoms with Crippen molar-refractivity contribution < 1.29 is 13.2 Å². The molecule has 1 rings (SSSR count). The number of rotatable bonds is 4. The second kappa shape index (κ2) is 4.74. The van der Waals surface area contributed by atoms with Crippen LogP contribution in [0.25, 0.3) is 0 Å². The zero-order chi connectivity index (χ0) is 11.5. The van der Waals surface area contributed by atoms with Crippen LogP contribution in [0.2, 0.25) is 0 Å². The van der Waals surface area contributed by atoms with E-state index in [0.29, 0.717) is 12.3 Å². The summed E-state index contributed by atoms with van der Waals surface area (Å²) in [4.78, 5) is 11.7. The van der Waals surface area contributed by atoms with E-state index in [0.717, 1.165) is 23.6 Å². The molecular formula is C9H17NO3S2. The van der Waals surface area contributed by atoms with Gasteiger partial charge in [-0.25, -0.2) is 8.42 Å². The quantitative estimate of drug-likeness (QED) is 0.598. The summed E-state index contributed by atoms with van der Waals surface area (Å²) in [6.07, 6.45) is 1.95. The summed E-state index contributed by atoms with van der Waals surface area (Å²) in [5.74, 6) is 0.195. The smallest absolute Gasteiger partial charge is 0.227 e. The maximum atomic E-state index is 11.7. The Balaban J connectivity index is 2.53. The minimum absolute atomic E-state index is 0.0391. The van der Waals surface area contributed by atoms with Crippen molar-refractivity contribution in [3.8, 4) is 0 Å². The fourth-order valence-corrected chi connectivity index (χ4v) is 5.66. The molecular weight excluding hydrogens is 234 g/mol. The lowest BCUT2D eigenvalue weighted by Gasteiger charge is -2.19. The lowest BCUT2D eigenvalue weighted by Crippen LogP contribution is -2.41. The van der Waals surface area contributed by atoms with Crippen LogP contribution >= 0.6 is 10.8 Å². The first-order valence-electron chi connectivity index (χ1n) is 5.05. The van der Waals surface area contributed by atoms with Crippen LogP contribution in [0.1, 0.15) is 26.7 Å². The highest BCUT2D eigenvalue weighted by Crippen LogP contribution is 2.37. The first-order valence-corrected chi connectivity index (χ1v) is 8.20. The molecule has 0 aromatic heterocycles. The van der Waals surface area contributed by atoms with Crippen molar-refractivity contribution in [2.24, 2.45) is 5.41 Å². The van der Waals surface area contributed by atoms with E-state index >= 15 is 0 Å². The Morgan fingerprint density at radius 2 is 2.20 bits per heavy atom. The van der Waals surface area contributed by atoms with Crippen LogP contribution in [0.5, 0.6) is 0 Å². The molecule has 1 heterocycles. The Morgan fingerprint density at radius 3 is 2.67 bits per heavy atom. The van der Waals surface area contributed by atoms with Gasteiger partial charge in [0.15, 0.2) is 0 Å². The second-order valence-electron chi connectivity index (χ2n) is 4.13. The first-order chi connectivity index (χ1) is 6.90. The summed E-state index contributed by atoms with van der Waals surface area (Å²) in [7, 11) is -2.19. The average molecular weight is 251 g/mol. The molecule has 1 atom stereocenters. The summed E-state index contributed by atoms with van der Waals surface area (Å²) in [5.41, 5.74) is -0.739. The Kier molecular flexibility index (Phi) is 4.06. The molecule has 15 heavy (non-hydrogen) atoms. The van der Waals surface area contributed by atoms with Gasteiger partial charge >= 0.3 is 0 Å². The first kappa shape index (κ1) is 12.8. The molecule has 0 aliphatic carbocycles. The van der Waals surface area contributed by atoms with Gasteiger partial charge in [0.05, 0.1) is 11.2 Å². The molecule has 1 saturated heterocycles. The van der Waals surface area contributed by atoms with Crippen molar-refractivity contribution in [2.75, 3.05) is 18.1 Å². The molecule has 4 nitrogen and oxygen atoms in total. The summed E-state index contributed by atoms with van der Waals surface area (Å²) in [6, 6.07) is 0. The zero-order valence-corrected chi connectivity index (χ0v) is 10.7. The van der Waals surface area contributed by atoms with Crippen LogP contribution < -0.4 is 5.32 Å². The van der Waals surface area contributed by atoms with E-state index < -0.39 is 14.3 Å². The fourth-order valence-electron chi connectivity index (χ4n) is 1.42. The molecule has 1 amide bonds. The molecule has 6 heteroatoms. The van der Waals surface area contributed by atoms with Crippen LogP contribution in [0.15, 0.2) is 0 Å². The van der Waals surface area contributed by atoms with Crippen molar-refractivity contribution >= 4 is 25.6 Å². The highest BCUT2D eigenvalue weighted by Gasteiger charge is 2.44. The topological polar surface area (TPSA) is 63.2 Å². The van der Waals surface area contributed by atoms with Gasteiger partial charge in [0.1, 0.15) is 0 Å². The number of carbonyl (C=O) groups is 1. The van der Waals surface area contributed by atoms with Crippen molar-refractivity contribution in [2.45, 2.75) is 26.7 Å². The Morgan fingerprint density at radius 1 is 1.53 bits per heavy atom. The largest absolute Gasteiger partial charge is 0.356 e. The SMILES string of the molecule is CCCCNC(=O)C1(C)CSS(=O)(=O)C1. The van der Waals surface area contributed by atoms with Crippen LogP contribution in [0, 0.1) is 5.41 Å². The molecule has 1 aliphatic heterocycles. The lowest BCUT2D eigenvalue weighted by atomic mass is 9.95. The molecule has 0 saturated carbocycles. The van der Waals surface area contributed by atoms with Gasteiger partial charge in [0.2, 0.25) is 14.8 Å². The second-order valence-corrected chi connectivity index (χ2v) is 8.29. The molecule has 0 radical (unpaired) electrons. The van der Waals surface area contributed by atoms with Crippen LogP contribution in [-0.4, -0.2) is 32.4 Å². The van der Waals surface area contributed by atoms with E-state index in [2.05, 4.69) is 5.32 Å². The van der Waals surface area contributed by atoms with E-state index in [1.54, 1.807) is 6.92 Å². The summed E-state index contributed by atoms with van der Waals surface area (Å²) >= 11 is 0. The average Bonchev–Trinajstić information content (AvgIpc) is 2.42. The van der Waals surface area contributed by atoms with Gasteiger partial charge in [-0.1, -0.05) is 13.3 Å². The van der Waals surface area contributed by atoms with Crippen LogP contribution in [-0.2, 0) is 13.7 Å². The Bertz CT molecular complexity index is 339. The Hall–Kier alpha value is -0.230. The molecule has 0 spiro atoms. The third-order valence-electron chi connectivity index (χ3n) is 2.42. The van der Waals surface area contributed by atoms with E-state index in [4.69, 9.17) is 0 Å². The molecule has 0 aromatic carbocycles. The Labute approximate surface area is 94.5 Å². The molecule has 1 fully saturated rings. The minimum atomic E-state index is -3.07. The summed E-state index contributed by atoms with van der Waals surface area (Å²) in [6.45, 7) is 4.39. The fraction of sp³-hybridized carbons (Fsp3) is 0.889. The van der Waals surface area contributed by atoms with Gasteiger partial charge in [0, 0.05) is 12.3 Å². The van der Waals surface area contributed by atoms with Crippen molar-refractivity contribution in [1.82, 2.24) is 5.32 Å².